The molecule has 1 aromatic rings. The van der Waals surface area contributed by atoms with Crippen LogP contribution in [-0.2, 0) is 4.74 Å². The third kappa shape index (κ3) is 3.47. The summed E-state index contributed by atoms with van der Waals surface area (Å²) in [7, 11) is 0. The third-order valence-electron chi connectivity index (χ3n) is 1.80. The maximum Gasteiger partial charge on any atom is 0.412 e. The van der Waals surface area contributed by atoms with Crippen LogP contribution >= 0.6 is 0 Å². The molecular weight excluding hydrogens is 246 g/mol. The molecule has 0 fully saturated rings. The summed E-state index contributed by atoms with van der Waals surface area (Å²) < 4.78 is 31.7. The second-order valence-corrected chi connectivity index (χ2v) is 4.47. The van der Waals surface area contributed by atoms with Crippen molar-refractivity contribution in [3.05, 3.63) is 28.7 Å². The lowest BCUT2D eigenvalue weighted by atomic mass is 10.2. The lowest BCUT2D eigenvalue weighted by Crippen LogP contribution is -2.27. The molecule has 0 heterocycles. The first-order valence-corrected chi connectivity index (χ1v) is 5.06. The Balaban J connectivity index is 2.97. The van der Waals surface area contributed by atoms with Crippen molar-refractivity contribution < 1.29 is 18.3 Å². The smallest absolute Gasteiger partial charge is 0.412 e. The van der Waals surface area contributed by atoms with Crippen molar-refractivity contribution in [3.8, 4) is 0 Å². The van der Waals surface area contributed by atoms with Crippen molar-refractivity contribution in [1.29, 1.82) is 0 Å². The molecule has 98 valence electrons. The molecule has 0 unspecified atom stereocenters. The standard InChI is InChI=1S/C11H12F2N2O3/c1-11(2,3)18-10(16)14-9-6(12)4-5-7(15-17)8(9)13/h4-5H,1-3H3,(H,14,16). The SMILES string of the molecule is CC(C)(C)OC(=O)Nc1c(F)ccc(N=O)c1F. The highest BCUT2D eigenvalue weighted by atomic mass is 19.1. The minimum atomic E-state index is -1.24. The lowest BCUT2D eigenvalue weighted by molar-refractivity contribution is 0.0634. The second-order valence-electron chi connectivity index (χ2n) is 4.47. The van der Waals surface area contributed by atoms with E-state index in [0.717, 1.165) is 12.1 Å². The zero-order chi connectivity index (χ0) is 13.9. The van der Waals surface area contributed by atoms with Crippen LogP contribution in [0, 0.1) is 16.5 Å². The maximum absolute atomic E-state index is 13.5. The van der Waals surface area contributed by atoms with Crippen LogP contribution in [0.1, 0.15) is 20.8 Å². The molecule has 0 bridgehead atoms. The van der Waals surface area contributed by atoms with Gasteiger partial charge in [-0.25, -0.2) is 13.6 Å². The van der Waals surface area contributed by atoms with Gasteiger partial charge in [0.2, 0.25) is 0 Å². The zero-order valence-corrected chi connectivity index (χ0v) is 10.1. The fourth-order valence-corrected chi connectivity index (χ4v) is 1.13. The molecular formula is C11H12F2N2O3. The number of anilines is 1. The number of carbonyl (C=O) groups is 1. The first-order valence-electron chi connectivity index (χ1n) is 5.06. The molecule has 0 radical (unpaired) electrons. The van der Waals surface area contributed by atoms with Gasteiger partial charge < -0.3 is 4.74 Å². The summed E-state index contributed by atoms with van der Waals surface area (Å²) in [6.45, 7) is 4.80. The highest BCUT2D eigenvalue weighted by Crippen LogP contribution is 2.28. The molecule has 0 aliphatic rings. The number of ether oxygens (including phenoxy) is 1. The van der Waals surface area contributed by atoms with E-state index < -0.39 is 34.7 Å². The van der Waals surface area contributed by atoms with Crippen LogP contribution < -0.4 is 5.32 Å². The van der Waals surface area contributed by atoms with Crippen LogP contribution in [0.2, 0.25) is 0 Å². The van der Waals surface area contributed by atoms with E-state index in [1.54, 1.807) is 20.8 Å². The average Bonchev–Trinajstić information content (AvgIpc) is 2.22. The number of rotatable bonds is 2. The van der Waals surface area contributed by atoms with E-state index in [9.17, 15) is 18.5 Å². The van der Waals surface area contributed by atoms with E-state index >= 15 is 0 Å². The van der Waals surface area contributed by atoms with Crippen molar-refractivity contribution in [3.63, 3.8) is 0 Å². The van der Waals surface area contributed by atoms with Crippen LogP contribution in [0.5, 0.6) is 0 Å². The van der Waals surface area contributed by atoms with Crippen LogP contribution in [0.3, 0.4) is 0 Å². The Labute approximate surface area is 102 Å². The summed E-state index contributed by atoms with van der Waals surface area (Å²) >= 11 is 0. The van der Waals surface area contributed by atoms with E-state index in [1.165, 1.54) is 0 Å². The Morgan fingerprint density at radius 1 is 1.33 bits per heavy atom. The number of halogens is 2. The molecule has 7 heteroatoms. The first kappa shape index (κ1) is 14.0. The number of benzene rings is 1. The maximum atomic E-state index is 13.5. The minimum Gasteiger partial charge on any atom is -0.444 e. The molecule has 0 saturated carbocycles. The Hall–Kier alpha value is -2.05. The summed E-state index contributed by atoms with van der Waals surface area (Å²) in [5.74, 6) is -2.26. The molecule has 1 rings (SSSR count). The number of nitrogens with one attached hydrogen (secondary N) is 1. The Bertz CT molecular complexity index is 484. The Morgan fingerprint density at radius 2 is 1.94 bits per heavy atom. The van der Waals surface area contributed by atoms with Crippen molar-refractivity contribution in [1.82, 2.24) is 0 Å². The van der Waals surface area contributed by atoms with Gasteiger partial charge in [0.15, 0.2) is 5.82 Å². The monoisotopic (exact) mass is 258 g/mol. The summed E-state index contributed by atoms with van der Waals surface area (Å²) in [5.41, 5.74) is -2.17. The van der Waals surface area contributed by atoms with Gasteiger partial charge in [-0.3, -0.25) is 5.32 Å². The van der Waals surface area contributed by atoms with E-state index in [2.05, 4.69) is 5.18 Å². The van der Waals surface area contributed by atoms with Gasteiger partial charge in [-0.2, -0.15) is 0 Å². The Morgan fingerprint density at radius 3 is 2.44 bits per heavy atom. The number of nitroso groups, excluding NO2 is 1. The molecule has 0 aromatic heterocycles. The average molecular weight is 258 g/mol. The molecule has 0 atom stereocenters. The first-order chi connectivity index (χ1) is 8.24. The normalized spacial score (nSPS) is 10.9. The van der Waals surface area contributed by atoms with E-state index in [-0.39, 0.29) is 0 Å². The van der Waals surface area contributed by atoms with E-state index in [0.29, 0.717) is 0 Å². The van der Waals surface area contributed by atoms with Crippen LogP contribution in [0.4, 0.5) is 25.0 Å². The van der Waals surface area contributed by atoms with Crippen LogP contribution in [0.25, 0.3) is 0 Å². The fourth-order valence-electron chi connectivity index (χ4n) is 1.13. The topological polar surface area (TPSA) is 67.8 Å². The lowest BCUT2D eigenvalue weighted by Gasteiger charge is -2.20. The van der Waals surface area contributed by atoms with Crippen molar-refractivity contribution in [2.75, 3.05) is 5.32 Å². The Kier molecular flexibility index (Phi) is 3.95. The zero-order valence-electron chi connectivity index (χ0n) is 10.1. The molecule has 0 spiro atoms. The van der Waals surface area contributed by atoms with Gasteiger partial charge in [-0.15, -0.1) is 4.91 Å². The second kappa shape index (κ2) is 5.07. The molecule has 1 amide bonds. The highest BCUT2D eigenvalue weighted by molar-refractivity contribution is 5.86. The highest BCUT2D eigenvalue weighted by Gasteiger charge is 2.21. The van der Waals surface area contributed by atoms with Gasteiger partial charge in [0, 0.05) is 0 Å². The number of nitrogens with zero attached hydrogens (tertiary/aromatic N) is 1. The van der Waals surface area contributed by atoms with E-state index in [1.807, 2.05) is 5.32 Å². The third-order valence-corrected chi connectivity index (χ3v) is 1.80. The number of hydrogen-bond acceptors (Lipinski definition) is 4. The molecule has 1 N–H and O–H groups in total. The largest absolute Gasteiger partial charge is 0.444 e. The fraction of sp³-hybridized carbons (Fsp3) is 0.364. The number of carbonyl (C=O) groups excluding carboxylic acids is 1. The van der Waals surface area contributed by atoms with Crippen LogP contribution in [-0.4, -0.2) is 11.7 Å². The summed E-state index contributed by atoms with van der Waals surface area (Å²) in [6.07, 6.45) is -1.02. The summed E-state index contributed by atoms with van der Waals surface area (Å²) in [4.78, 5) is 21.6. The predicted octanol–water partition coefficient (Wildman–Crippen LogP) is 3.71. The van der Waals surface area contributed by atoms with Gasteiger partial charge in [0.1, 0.15) is 22.8 Å². The molecule has 18 heavy (non-hydrogen) atoms. The molecule has 0 aliphatic carbocycles. The van der Waals surface area contributed by atoms with E-state index in [4.69, 9.17) is 4.74 Å². The van der Waals surface area contributed by atoms with Gasteiger partial charge >= 0.3 is 6.09 Å². The summed E-state index contributed by atoms with van der Waals surface area (Å²) in [6, 6.07) is 1.70. The quantitative estimate of drug-likeness (QED) is 0.822. The molecule has 5 nitrogen and oxygen atoms in total. The molecule has 1 aromatic carbocycles. The van der Waals surface area contributed by atoms with Crippen molar-refractivity contribution in [2.24, 2.45) is 5.18 Å². The molecule has 0 saturated heterocycles. The van der Waals surface area contributed by atoms with Gasteiger partial charge in [-0.1, -0.05) is 0 Å². The molecule has 0 aliphatic heterocycles. The van der Waals surface area contributed by atoms with Crippen LogP contribution in [0.15, 0.2) is 17.3 Å². The minimum absolute atomic E-state index is 0.595. The van der Waals surface area contributed by atoms with Gasteiger partial charge in [0.05, 0.1) is 0 Å². The van der Waals surface area contributed by atoms with Crippen molar-refractivity contribution in [2.45, 2.75) is 26.4 Å². The number of hydrogen-bond donors (Lipinski definition) is 1. The predicted molar refractivity (Wildman–Crippen MR) is 61.7 cm³/mol. The van der Waals surface area contributed by atoms with Crippen molar-refractivity contribution >= 4 is 17.5 Å². The summed E-state index contributed by atoms with van der Waals surface area (Å²) in [5, 5.41) is 4.27. The van der Waals surface area contributed by atoms with Gasteiger partial charge in [0.25, 0.3) is 0 Å². The van der Waals surface area contributed by atoms with Gasteiger partial charge in [-0.05, 0) is 38.1 Å². The number of amides is 1.